The van der Waals surface area contributed by atoms with E-state index in [2.05, 4.69) is 60.7 Å². The third-order valence-electron chi connectivity index (χ3n) is 6.91. The number of nitrogens with zero attached hydrogens (tertiary/aromatic N) is 2. The lowest BCUT2D eigenvalue weighted by Gasteiger charge is -2.18. The van der Waals surface area contributed by atoms with Crippen LogP contribution in [0.4, 0.5) is 0 Å². The fourth-order valence-electron chi connectivity index (χ4n) is 5.51. The number of carbonyl (C=O) groups is 2. The van der Waals surface area contributed by atoms with Crippen LogP contribution in [0.2, 0.25) is 0 Å². The van der Waals surface area contributed by atoms with E-state index < -0.39 is 0 Å². The van der Waals surface area contributed by atoms with Gasteiger partial charge in [-0.3, -0.25) is 19.5 Å². The van der Waals surface area contributed by atoms with Gasteiger partial charge in [0.1, 0.15) is 0 Å². The van der Waals surface area contributed by atoms with E-state index in [0.29, 0.717) is 26.1 Å². The highest BCUT2D eigenvalue weighted by molar-refractivity contribution is 6.06. The number of likely N-dealkylation sites (tertiary alicyclic amines) is 1. The van der Waals surface area contributed by atoms with Crippen molar-refractivity contribution in [3.63, 3.8) is 0 Å². The Kier molecular flexibility index (Phi) is 5.67. The first-order valence-electron chi connectivity index (χ1n) is 11.0. The number of amides is 2. The van der Waals surface area contributed by atoms with E-state index in [9.17, 15) is 9.59 Å². The number of nitrogens with one attached hydrogen (secondary N) is 2. The second-order valence-electron chi connectivity index (χ2n) is 8.91. The van der Waals surface area contributed by atoms with Gasteiger partial charge in [-0.25, -0.2) is 0 Å². The van der Waals surface area contributed by atoms with E-state index >= 15 is 0 Å². The number of hydrogen-bond donors (Lipinski definition) is 2. The lowest BCUT2D eigenvalue weighted by atomic mass is 9.85. The number of rotatable bonds is 6. The quantitative estimate of drug-likeness (QED) is 0.249. The number of allylic oxidation sites excluding steroid dienone is 2. The van der Waals surface area contributed by atoms with E-state index in [0.717, 1.165) is 12.4 Å². The molecular weight excluding hydrogens is 376 g/mol. The minimum Gasteiger partial charge on any atom is -0.356 e. The van der Waals surface area contributed by atoms with Gasteiger partial charge in [0.25, 0.3) is 0 Å². The molecule has 2 N–H and O–H groups in total. The SMILES string of the molecule is CN=C(NCCCN1C(=O)C2C3C=CC(C3)C2C1=O)NCc1c(C)cc(C)cc1C. The Labute approximate surface area is 178 Å². The van der Waals surface area contributed by atoms with Gasteiger partial charge in [-0.1, -0.05) is 29.8 Å². The normalized spacial score (nSPS) is 27.2. The van der Waals surface area contributed by atoms with Gasteiger partial charge in [0.05, 0.1) is 11.8 Å². The highest BCUT2D eigenvalue weighted by Crippen LogP contribution is 2.52. The molecule has 3 aliphatic rings. The summed E-state index contributed by atoms with van der Waals surface area (Å²) in [4.78, 5) is 31.3. The van der Waals surface area contributed by atoms with Crippen molar-refractivity contribution in [1.29, 1.82) is 0 Å². The minimum absolute atomic E-state index is 0.0367. The summed E-state index contributed by atoms with van der Waals surface area (Å²) in [5.41, 5.74) is 5.10. The number of hydrogen-bond acceptors (Lipinski definition) is 3. The van der Waals surface area contributed by atoms with Crippen LogP contribution in [0.1, 0.15) is 35.1 Å². The number of carbonyl (C=O) groups excluding carboxylic acids is 2. The van der Waals surface area contributed by atoms with Crippen LogP contribution in [0.15, 0.2) is 29.3 Å². The monoisotopic (exact) mass is 408 g/mol. The topological polar surface area (TPSA) is 73.8 Å². The van der Waals surface area contributed by atoms with Crippen LogP contribution < -0.4 is 10.6 Å². The summed E-state index contributed by atoms with van der Waals surface area (Å²) in [5.74, 6) is 1.15. The molecule has 4 atom stereocenters. The molecule has 0 radical (unpaired) electrons. The van der Waals surface area contributed by atoms with Crippen LogP contribution in [0.5, 0.6) is 0 Å². The predicted octanol–water partition coefficient (Wildman–Crippen LogP) is 2.47. The van der Waals surface area contributed by atoms with Crippen molar-refractivity contribution in [2.75, 3.05) is 20.1 Å². The molecule has 2 amide bonds. The van der Waals surface area contributed by atoms with Gasteiger partial charge in [0.15, 0.2) is 5.96 Å². The van der Waals surface area contributed by atoms with Crippen molar-refractivity contribution in [1.82, 2.24) is 15.5 Å². The summed E-state index contributed by atoms with van der Waals surface area (Å²) in [6.07, 6.45) is 5.96. The summed E-state index contributed by atoms with van der Waals surface area (Å²) >= 11 is 0. The van der Waals surface area contributed by atoms with Crippen LogP contribution in [0, 0.1) is 44.4 Å². The van der Waals surface area contributed by atoms with E-state index in [1.807, 2.05) is 0 Å². The molecule has 6 heteroatoms. The molecule has 2 fully saturated rings. The molecule has 0 aromatic heterocycles. The standard InChI is InChI=1S/C24H32N4O2/c1-14-10-15(2)19(16(3)11-14)13-27-24(25-4)26-8-5-9-28-22(29)20-17-6-7-18(12-17)21(20)23(28)30/h6-7,10-11,17-18,20-21H,5,8-9,12-13H2,1-4H3,(H2,25,26,27). The Hall–Kier alpha value is -2.63. The van der Waals surface area contributed by atoms with Gasteiger partial charge < -0.3 is 10.6 Å². The molecule has 4 unspecified atom stereocenters. The molecule has 2 bridgehead atoms. The minimum atomic E-state index is -0.101. The summed E-state index contributed by atoms with van der Waals surface area (Å²) in [7, 11) is 1.75. The highest BCUT2D eigenvalue weighted by atomic mass is 16.2. The zero-order chi connectivity index (χ0) is 21.4. The first-order chi connectivity index (χ1) is 14.4. The van der Waals surface area contributed by atoms with Crippen molar-refractivity contribution in [2.24, 2.45) is 28.7 Å². The maximum absolute atomic E-state index is 12.7. The summed E-state index contributed by atoms with van der Waals surface area (Å²) < 4.78 is 0. The lowest BCUT2D eigenvalue weighted by molar-refractivity contribution is -0.140. The summed E-state index contributed by atoms with van der Waals surface area (Å²) in [6, 6.07) is 4.39. The van der Waals surface area contributed by atoms with Crippen LogP contribution in [-0.2, 0) is 16.1 Å². The molecule has 160 valence electrons. The number of guanidine groups is 1. The molecule has 0 spiro atoms. The van der Waals surface area contributed by atoms with E-state index in [4.69, 9.17) is 0 Å². The average Bonchev–Trinajstić information content (AvgIpc) is 3.37. The molecule has 1 saturated carbocycles. The van der Waals surface area contributed by atoms with Crippen LogP contribution >= 0.6 is 0 Å². The van der Waals surface area contributed by atoms with Crippen LogP contribution in [0.3, 0.4) is 0 Å². The maximum Gasteiger partial charge on any atom is 0.233 e. The van der Waals surface area contributed by atoms with E-state index in [1.165, 1.54) is 27.2 Å². The van der Waals surface area contributed by atoms with Gasteiger partial charge in [0.2, 0.25) is 11.8 Å². The molecule has 1 aliphatic heterocycles. The van der Waals surface area contributed by atoms with Crippen LogP contribution in [-0.4, -0.2) is 42.8 Å². The van der Waals surface area contributed by atoms with Crippen molar-refractivity contribution < 1.29 is 9.59 Å². The lowest BCUT2D eigenvalue weighted by Crippen LogP contribution is -2.39. The zero-order valence-electron chi connectivity index (χ0n) is 18.4. The molecule has 6 nitrogen and oxygen atoms in total. The molecule has 2 aliphatic carbocycles. The molecule has 4 rings (SSSR count). The first kappa shape index (κ1) is 20.6. The first-order valence-corrected chi connectivity index (χ1v) is 11.0. The fourth-order valence-corrected chi connectivity index (χ4v) is 5.51. The van der Waals surface area contributed by atoms with Crippen molar-refractivity contribution >= 4 is 17.8 Å². The fraction of sp³-hybridized carbons (Fsp3) is 0.542. The average molecular weight is 409 g/mol. The van der Waals surface area contributed by atoms with E-state index in [1.54, 1.807) is 7.05 Å². The Morgan fingerprint density at radius 2 is 1.63 bits per heavy atom. The molecule has 1 aromatic carbocycles. The van der Waals surface area contributed by atoms with Gasteiger partial charge >= 0.3 is 0 Å². The predicted molar refractivity (Wildman–Crippen MR) is 118 cm³/mol. The largest absolute Gasteiger partial charge is 0.356 e. The summed E-state index contributed by atoms with van der Waals surface area (Å²) in [6.45, 7) is 8.22. The van der Waals surface area contributed by atoms with Gasteiger partial charge in [-0.05, 0) is 62.1 Å². The number of benzene rings is 1. The molecular formula is C24H32N4O2. The second kappa shape index (κ2) is 8.25. The number of aliphatic imine (C=N–C) groups is 1. The smallest absolute Gasteiger partial charge is 0.233 e. The van der Waals surface area contributed by atoms with Gasteiger partial charge in [-0.2, -0.15) is 0 Å². The Bertz CT molecular complexity index is 867. The number of imide groups is 1. The number of fused-ring (bicyclic) bond motifs is 5. The van der Waals surface area contributed by atoms with Gasteiger partial charge in [-0.15, -0.1) is 0 Å². The third-order valence-corrected chi connectivity index (χ3v) is 6.91. The highest BCUT2D eigenvalue weighted by Gasteiger charge is 2.58. The number of aryl methyl sites for hydroxylation is 3. The van der Waals surface area contributed by atoms with Gasteiger partial charge in [0, 0.05) is 26.7 Å². The third kappa shape index (κ3) is 3.64. The molecule has 1 heterocycles. The Morgan fingerprint density at radius 3 is 2.20 bits per heavy atom. The summed E-state index contributed by atoms with van der Waals surface area (Å²) in [5, 5.41) is 6.67. The molecule has 1 aromatic rings. The van der Waals surface area contributed by atoms with E-state index in [-0.39, 0.29) is 35.5 Å². The second-order valence-corrected chi connectivity index (χ2v) is 8.91. The zero-order valence-corrected chi connectivity index (χ0v) is 18.4. The molecule has 1 saturated heterocycles. The van der Waals surface area contributed by atoms with Crippen molar-refractivity contribution in [3.05, 3.63) is 46.5 Å². The van der Waals surface area contributed by atoms with Crippen LogP contribution in [0.25, 0.3) is 0 Å². The maximum atomic E-state index is 12.7. The van der Waals surface area contributed by atoms with Crippen molar-refractivity contribution in [3.8, 4) is 0 Å². The Morgan fingerprint density at radius 1 is 1.03 bits per heavy atom. The molecule has 30 heavy (non-hydrogen) atoms. The Balaban J connectivity index is 1.24. The van der Waals surface area contributed by atoms with Crippen molar-refractivity contribution in [2.45, 2.75) is 40.2 Å².